The first-order chi connectivity index (χ1) is 14.1. The van der Waals surface area contributed by atoms with Crippen molar-refractivity contribution in [3.05, 3.63) is 46.0 Å². The summed E-state index contributed by atoms with van der Waals surface area (Å²) in [5.74, 6) is -1.13. The number of nitrogens with one attached hydrogen (secondary N) is 1. The van der Waals surface area contributed by atoms with E-state index in [-0.39, 0.29) is 18.7 Å². The monoisotopic (exact) mass is 443 g/mol. The zero-order valence-corrected chi connectivity index (χ0v) is 17.8. The van der Waals surface area contributed by atoms with Crippen LogP contribution in [0.25, 0.3) is 0 Å². The summed E-state index contributed by atoms with van der Waals surface area (Å²) in [4.78, 5) is 31.7. The van der Waals surface area contributed by atoms with Crippen LogP contribution in [0.4, 0.5) is 18.3 Å². The molecule has 6 nitrogen and oxygen atoms in total. The molecule has 0 unspecified atom stereocenters. The van der Waals surface area contributed by atoms with Gasteiger partial charge >= 0.3 is 6.18 Å². The van der Waals surface area contributed by atoms with Crippen LogP contribution in [0.3, 0.4) is 0 Å². The highest BCUT2D eigenvalue weighted by atomic mass is 32.1. The summed E-state index contributed by atoms with van der Waals surface area (Å²) < 4.78 is 44.2. The highest BCUT2D eigenvalue weighted by Gasteiger charge is 2.31. The topological polar surface area (TPSA) is 71.5 Å². The highest BCUT2D eigenvalue weighted by molar-refractivity contribution is 7.15. The Morgan fingerprint density at radius 1 is 1.27 bits per heavy atom. The molecule has 1 heterocycles. The van der Waals surface area contributed by atoms with Gasteiger partial charge in [0.05, 0.1) is 11.3 Å². The van der Waals surface area contributed by atoms with Crippen molar-refractivity contribution in [3.8, 4) is 0 Å². The number of thiazole rings is 1. The second-order valence-corrected chi connectivity index (χ2v) is 7.77. The molecule has 0 atom stereocenters. The first kappa shape index (κ1) is 23.8. The van der Waals surface area contributed by atoms with E-state index in [1.54, 1.807) is 0 Å². The molecular formula is C20H24F3N3O3S. The molecule has 10 heteroatoms. The van der Waals surface area contributed by atoms with E-state index in [2.05, 4.69) is 10.3 Å². The number of alkyl halides is 3. The van der Waals surface area contributed by atoms with Crippen LogP contribution in [0, 0.1) is 13.8 Å². The summed E-state index contributed by atoms with van der Waals surface area (Å²) in [5, 5.41) is 3.05. The maximum atomic E-state index is 13.0. The number of aryl methyl sites for hydroxylation is 2. The minimum atomic E-state index is -4.56. The van der Waals surface area contributed by atoms with Crippen LogP contribution in [0.1, 0.15) is 39.8 Å². The number of halogens is 3. The Morgan fingerprint density at radius 3 is 2.60 bits per heavy atom. The molecule has 0 aliphatic heterocycles. The van der Waals surface area contributed by atoms with E-state index in [0.29, 0.717) is 24.8 Å². The summed E-state index contributed by atoms with van der Waals surface area (Å²) in [6.45, 7) is 6.26. The highest BCUT2D eigenvalue weighted by Crippen LogP contribution is 2.29. The number of carbonyl (C=O) groups excluding carboxylic acids is 2. The van der Waals surface area contributed by atoms with Gasteiger partial charge in [0.2, 0.25) is 5.91 Å². The molecule has 164 valence electrons. The third-order valence-electron chi connectivity index (χ3n) is 4.25. The van der Waals surface area contributed by atoms with Gasteiger partial charge in [-0.05, 0) is 45.4 Å². The number of benzene rings is 1. The summed E-state index contributed by atoms with van der Waals surface area (Å²) in [7, 11) is 0. The van der Waals surface area contributed by atoms with E-state index in [4.69, 9.17) is 4.74 Å². The average molecular weight is 443 g/mol. The minimum absolute atomic E-state index is 0.130. The average Bonchev–Trinajstić information content (AvgIpc) is 3.00. The van der Waals surface area contributed by atoms with Crippen molar-refractivity contribution >= 4 is 28.3 Å². The fourth-order valence-corrected chi connectivity index (χ4v) is 3.45. The van der Waals surface area contributed by atoms with Crippen LogP contribution in [-0.2, 0) is 15.7 Å². The number of anilines is 1. The number of carbonyl (C=O) groups is 2. The van der Waals surface area contributed by atoms with Crippen molar-refractivity contribution in [1.82, 2.24) is 9.88 Å². The van der Waals surface area contributed by atoms with Gasteiger partial charge < -0.3 is 15.0 Å². The number of aromatic nitrogens is 1. The van der Waals surface area contributed by atoms with Gasteiger partial charge in [-0.15, -0.1) is 11.3 Å². The molecule has 2 amide bonds. The largest absolute Gasteiger partial charge is 0.416 e. The Morgan fingerprint density at radius 2 is 2.00 bits per heavy atom. The van der Waals surface area contributed by atoms with Crippen LogP contribution < -0.4 is 5.32 Å². The number of hydrogen-bond acceptors (Lipinski definition) is 5. The molecule has 0 fully saturated rings. The smallest absolute Gasteiger partial charge is 0.382 e. The second-order valence-electron chi connectivity index (χ2n) is 6.56. The van der Waals surface area contributed by atoms with Crippen molar-refractivity contribution in [2.45, 2.75) is 33.4 Å². The summed E-state index contributed by atoms with van der Waals surface area (Å²) in [5.41, 5.74) is -0.250. The Labute approximate surface area is 177 Å². The molecule has 2 rings (SSSR count). The molecule has 2 aromatic rings. The summed E-state index contributed by atoms with van der Waals surface area (Å²) in [6.07, 6.45) is -4.12. The lowest BCUT2D eigenvalue weighted by Gasteiger charge is -2.22. The minimum Gasteiger partial charge on any atom is -0.382 e. The molecule has 0 bridgehead atoms. The quantitative estimate of drug-likeness (QED) is 0.587. The molecule has 0 aliphatic carbocycles. The number of nitrogens with zero attached hydrogens (tertiary/aromatic N) is 2. The van der Waals surface area contributed by atoms with E-state index in [1.807, 2.05) is 20.8 Å². The van der Waals surface area contributed by atoms with Gasteiger partial charge in [0.25, 0.3) is 5.91 Å². The Balaban J connectivity index is 2.15. The first-order valence-corrected chi connectivity index (χ1v) is 10.2. The molecule has 1 N–H and O–H groups in total. The lowest BCUT2D eigenvalue weighted by atomic mass is 10.1. The van der Waals surface area contributed by atoms with Crippen LogP contribution in [0.5, 0.6) is 0 Å². The number of amides is 2. The van der Waals surface area contributed by atoms with Gasteiger partial charge in [-0.3, -0.25) is 9.59 Å². The Hall–Kier alpha value is -2.46. The molecule has 0 saturated carbocycles. The molecule has 0 saturated heterocycles. The zero-order chi connectivity index (χ0) is 22.3. The van der Waals surface area contributed by atoms with Crippen LogP contribution in [0.2, 0.25) is 0 Å². The van der Waals surface area contributed by atoms with E-state index in [9.17, 15) is 22.8 Å². The maximum absolute atomic E-state index is 13.0. The fourth-order valence-electron chi connectivity index (χ4n) is 2.62. The van der Waals surface area contributed by atoms with Crippen molar-refractivity contribution in [2.75, 3.05) is 31.6 Å². The van der Waals surface area contributed by atoms with Gasteiger partial charge in [-0.1, -0.05) is 6.07 Å². The third kappa shape index (κ3) is 6.81. The lowest BCUT2D eigenvalue weighted by Crippen LogP contribution is -2.39. The van der Waals surface area contributed by atoms with E-state index < -0.39 is 23.6 Å². The predicted octanol–water partition coefficient (Wildman–Crippen LogP) is 4.29. The molecule has 1 aromatic carbocycles. The summed E-state index contributed by atoms with van der Waals surface area (Å²) in [6, 6.07) is 4.17. The Kier molecular flexibility index (Phi) is 8.36. The molecule has 0 radical (unpaired) electrons. The van der Waals surface area contributed by atoms with Gasteiger partial charge in [-0.2, -0.15) is 13.2 Å². The van der Waals surface area contributed by atoms with Crippen molar-refractivity contribution in [2.24, 2.45) is 0 Å². The molecular weight excluding hydrogens is 419 g/mol. The molecule has 30 heavy (non-hydrogen) atoms. The van der Waals surface area contributed by atoms with Crippen molar-refractivity contribution in [3.63, 3.8) is 0 Å². The molecule has 0 aliphatic rings. The van der Waals surface area contributed by atoms with E-state index >= 15 is 0 Å². The van der Waals surface area contributed by atoms with Crippen molar-refractivity contribution < 1.29 is 27.5 Å². The van der Waals surface area contributed by atoms with E-state index in [0.717, 1.165) is 22.7 Å². The second kappa shape index (κ2) is 10.5. The number of hydrogen-bond donors (Lipinski definition) is 1. The number of rotatable bonds is 9. The van der Waals surface area contributed by atoms with Crippen LogP contribution in [-0.4, -0.2) is 48.0 Å². The SMILES string of the molecule is CCOCCCN(CC(=O)Nc1nc(C)c(C)s1)C(=O)c1cccc(C(F)(F)F)c1. The normalized spacial score (nSPS) is 11.4. The lowest BCUT2D eigenvalue weighted by molar-refractivity contribution is -0.137. The van der Waals surface area contributed by atoms with Gasteiger partial charge in [-0.25, -0.2) is 4.98 Å². The van der Waals surface area contributed by atoms with Gasteiger partial charge in [0.15, 0.2) is 5.13 Å². The van der Waals surface area contributed by atoms with Gasteiger partial charge in [0.1, 0.15) is 6.54 Å². The molecule has 0 spiro atoms. The zero-order valence-electron chi connectivity index (χ0n) is 17.0. The predicted molar refractivity (Wildman–Crippen MR) is 109 cm³/mol. The fraction of sp³-hybridized carbons (Fsp3) is 0.450. The standard InChI is InChI=1S/C20H24F3N3O3S/c1-4-29-10-6-9-26(12-17(27)25-19-24-13(2)14(3)30-19)18(28)15-7-5-8-16(11-15)20(21,22)23/h5,7-8,11H,4,6,9-10,12H2,1-3H3,(H,24,25,27). The van der Waals surface area contributed by atoms with Crippen LogP contribution >= 0.6 is 11.3 Å². The first-order valence-electron chi connectivity index (χ1n) is 9.40. The van der Waals surface area contributed by atoms with Crippen LogP contribution in [0.15, 0.2) is 24.3 Å². The maximum Gasteiger partial charge on any atom is 0.416 e. The Bertz CT molecular complexity index is 864. The van der Waals surface area contributed by atoms with Crippen molar-refractivity contribution in [1.29, 1.82) is 0 Å². The summed E-state index contributed by atoms with van der Waals surface area (Å²) >= 11 is 1.31. The molecule has 1 aromatic heterocycles. The number of ether oxygens (including phenoxy) is 1. The third-order valence-corrected chi connectivity index (χ3v) is 5.24. The van der Waals surface area contributed by atoms with E-state index in [1.165, 1.54) is 28.4 Å². The van der Waals surface area contributed by atoms with Gasteiger partial charge in [0, 0.05) is 30.2 Å².